The Morgan fingerprint density at radius 2 is 1.79 bits per heavy atom. The van der Waals surface area contributed by atoms with Crippen molar-refractivity contribution in [1.29, 1.82) is 0 Å². The van der Waals surface area contributed by atoms with Crippen molar-refractivity contribution in [2.75, 3.05) is 0 Å². The molecule has 4 rings (SSSR count). The van der Waals surface area contributed by atoms with Gasteiger partial charge in [0.1, 0.15) is 5.82 Å². The van der Waals surface area contributed by atoms with E-state index >= 15 is 0 Å². The number of amides is 1. The van der Waals surface area contributed by atoms with Crippen molar-refractivity contribution in [3.8, 4) is 0 Å². The molecule has 0 radical (unpaired) electrons. The van der Waals surface area contributed by atoms with Gasteiger partial charge in [0.2, 0.25) is 0 Å². The van der Waals surface area contributed by atoms with Crippen LogP contribution < -0.4 is 0 Å². The van der Waals surface area contributed by atoms with Crippen molar-refractivity contribution >= 4 is 34.6 Å². The van der Waals surface area contributed by atoms with Crippen molar-refractivity contribution in [2.24, 2.45) is 10.9 Å². The number of carbonyl (C=O) groups is 1. The molecular weight excluding hydrogens is 371 g/mol. The van der Waals surface area contributed by atoms with Crippen molar-refractivity contribution in [1.82, 2.24) is 4.90 Å². The number of thioether (sulfide) groups is 1. The summed E-state index contributed by atoms with van der Waals surface area (Å²) in [6.45, 7) is 2.23. The number of halogens is 1. The number of carbonyl (C=O) groups excluding carboxylic acids is 1. The Hall–Kier alpha value is -2.40. The van der Waals surface area contributed by atoms with Gasteiger partial charge >= 0.3 is 0 Å². The van der Waals surface area contributed by atoms with Gasteiger partial charge in [0, 0.05) is 6.04 Å². The second kappa shape index (κ2) is 8.31. The minimum Gasteiger partial charge on any atom is -0.283 e. The Labute approximate surface area is 169 Å². The molecule has 1 saturated heterocycles. The fourth-order valence-corrected chi connectivity index (χ4v) is 4.91. The van der Waals surface area contributed by atoms with E-state index in [9.17, 15) is 9.18 Å². The number of amidine groups is 1. The average molecular weight is 395 g/mol. The first-order valence-corrected chi connectivity index (χ1v) is 10.6. The molecule has 28 heavy (non-hydrogen) atoms. The summed E-state index contributed by atoms with van der Waals surface area (Å²) >= 11 is 1.41. The van der Waals surface area contributed by atoms with Gasteiger partial charge < -0.3 is 0 Å². The molecule has 0 spiro atoms. The summed E-state index contributed by atoms with van der Waals surface area (Å²) in [6, 6.07) is 16.1. The second-order valence-electron chi connectivity index (χ2n) is 7.40. The number of benzene rings is 2. The topological polar surface area (TPSA) is 32.7 Å². The van der Waals surface area contributed by atoms with Gasteiger partial charge in [-0.05, 0) is 66.4 Å². The first kappa shape index (κ1) is 18.9. The summed E-state index contributed by atoms with van der Waals surface area (Å²) in [7, 11) is 0. The van der Waals surface area contributed by atoms with E-state index in [-0.39, 0.29) is 17.8 Å². The van der Waals surface area contributed by atoms with Crippen LogP contribution in [0.2, 0.25) is 0 Å². The number of aliphatic imine (C=N–C) groups is 1. The Bertz CT molecular complexity index is 908. The molecular formula is C23H23FN2OS. The lowest BCUT2D eigenvalue weighted by molar-refractivity contribution is -0.124. The lowest BCUT2D eigenvalue weighted by Gasteiger charge is -2.35. The Morgan fingerprint density at radius 3 is 2.50 bits per heavy atom. The minimum atomic E-state index is -0.281. The van der Waals surface area contributed by atoms with E-state index < -0.39 is 0 Å². The zero-order valence-electron chi connectivity index (χ0n) is 15.8. The Kier molecular flexibility index (Phi) is 5.62. The van der Waals surface area contributed by atoms with E-state index in [2.05, 4.69) is 6.92 Å². The largest absolute Gasteiger partial charge is 0.283 e. The maximum Gasteiger partial charge on any atom is 0.267 e. The van der Waals surface area contributed by atoms with Crippen molar-refractivity contribution in [3.63, 3.8) is 0 Å². The number of rotatable bonds is 3. The van der Waals surface area contributed by atoms with Crippen molar-refractivity contribution in [3.05, 3.63) is 70.9 Å². The lowest BCUT2D eigenvalue weighted by atomic mass is 9.85. The fraction of sp³-hybridized carbons (Fsp3) is 0.304. The molecule has 1 aliphatic carbocycles. The van der Waals surface area contributed by atoms with Gasteiger partial charge in [-0.15, -0.1) is 0 Å². The minimum absolute atomic E-state index is 0.00255. The highest BCUT2D eigenvalue weighted by Gasteiger charge is 2.41. The maximum absolute atomic E-state index is 13.3. The first-order chi connectivity index (χ1) is 13.6. The summed E-state index contributed by atoms with van der Waals surface area (Å²) in [5.74, 6) is 0.170. The summed E-state index contributed by atoms with van der Waals surface area (Å²) in [6.07, 6.45) is 6.33. The highest BCUT2D eigenvalue weighted by molar-refractivity contribution is 8.18. The molecule has 2 aliphatic rings. The van der Waals surface area contributed by atoms with Crippen molar-refractivity contribution < 1.29 is 9.18 Å². The molecule has 1 heterocycles. The van der Waals surface area contributed by atoms with Crippen molar-refractivity contribution in [2.45, 2.75) is 38.6 Å². The third kappa shape index (κ3) is 4.04. The summed E-state index contributed by atoms with van der Waals surface area (Å²) in [4.78, 5) is 20.6. The third-order valence-corrected chi connectivity index (χ3v) is 6.37. The first-order valence-electron chi connectivity index (χ1n) is 9.74. The number of hydrogen-bond acceptors (Lipinski definition) is 3. The molecule has 2 atom stereocenters. The van der Waals surface area contributed by atoms with Crippen LogP contribution in [0.3, 0.4) is 0 Å². The number of hydrogen-bond donors (Lipinski definition) is 0. The Balaban J connectivity index is 1.71. The predicted octanol–water partition coefficient (Wildman–Crippen LogP) is 6.01. The van der Waals surface area contributed by atoms with Gasteiger partial charge in [-0.2, -0.15) is 0 Å². The quantitative estimate of drug-likeness (QED) is 0.597. The van der Waals surface area contributed by atoms with Gasteiger partial charge in [-0.1, -0.05) is 50.1 Å². The van der Waals surface area contributed by atoms with E-state index in [4.69, 9.17) is 4.99 Å². The van der Waals surface area contributed by atoms with E-state index in [1.807, 2.05) is 41.3 Å². The normalized spacial score (nSPS) is 25.6. The number of para-hydroxylation sites is 1. The maximum atomic E-state index is 13.3. The molecule has 1 aliphatic heterocycles. The van der Waals surface area contributed by atoms with Crippen LogP contribution in [0.15, 0.2) is 64.5 Å². The van der Waals surface area contributed by atoms with Gasteiger partial charge in [0.25, 0.3) is 5.91 Å². The number of nitrogens with zero attached hydrogens (tertiary/aromatic N) is 2. The molecule has 2 aromatic carbocycles. The van der Waals surface area contributed by atoms with Crippen LogP contribution in [0.1, 0.15) is 38.2 Å². The highest BCUT2D eigenvalue weighted by Crippen LogP contribution is 2.40. The van der Waals surface area contributed by atoms with Gasteiger partial charge in [-0.3, -0.25) is 9.69 Å². The molecule has 0 bridgehead atoms. The zero-order valence-corrected chi connectivity index (χ0v) is 16.7. The standard InChI is InChI=1S/C23H23FN2OS/c1-16-7-5-6-10-20(16)26-22(27)21(15-17-11-13-18(24)14-12-17)28-23(26)25-19-8-3-2-4-9-19/h2-4,8-9,11-16,20H,5-7,10H2,1H3/b21-15-,25-23?/t16-,20-/m1/s1. The average Bonchev–Trinajstić information content (AvgIpc) is 3.00. The van der Waals surface area contributed by atoms with E-state index in [1.165, 1.54) is 30.3 Å². The fourth-order valence-electron chi connectivity index (χ4n) is 3.86. The molecule has 0 aromatic heterocycles. The van der Waals surface area contributed by atoms with Crippen LogP contribution in [0.5, 0.6) is 0 Å². The second-order valence-corrected chi connectivity index (χ2v) is 8.41. The smallest absolute Gasteiger partial charge is 0.267 e. The van der Waals surface area contributed by atoms with Gasteiger partial charge in [0.15, 0.2) is 5.17 Å². The zero-order chi connectivity index (χ0) is 19.5. The van der Waals surface area contributed by atoms with Gasteiger partial charge in [-0.25, -0.2) is 9.38 Å². The van der Waals surface area contributed by atoms with E-state index in [0.717, 1.165) is 35.7 Å². The Morgan fingerprint density at radius 1 is 1.07 bits per heavy atom. The summed E-state index contributed by atoms with van der Waals surface area (Å²) < 4.78 is 13.2. The van der Waals surface area contributed by atoms with Crippen LogP contribution >= 0.6 is 11.8 Å². The molecule has 0 N–H and O–H groups in total. The molecule has 1 saturated carbocycles. The van der Waals surface area contributed by atoms with Crippen LogP contribution in [-0.4, -0.2) is 22.0 Å². The lowest BCUT2D eigenvalue weighted by Crippen LogP contribution is -2.44. The van der Waals surface area contributed by atoms with Crippen LogP contribution in [0.4, 0.5) is 10.1 Å². The highest BCUT2D eigenvalue weighted by atomic mass is 32.2. The molecule has 0 unspecified atom stereocenters. The van der Waals surface area contributed by atoms with Crippen LogP contribution in [0.25, 0.3) is 6.08 Å². The SMILES string of the molecule is C[C@@H]1CCCC[C@H]1N1C(=O)/C(=C/c2ccc(F)cc2)SC1=Nc1ccccc1. The summed E-state index contributed by atoms with van der Waals surface area (Å²) in [5.41, 5.74) is 1.66. The molecule has 5 heteroatoms. The van der Waals surface area contributed by atoms with Crippen LogP contribution in [-0.2, 0) is 4.79 Å². The molecule has 2 fully saturated rings. The van der Waals surface area contributed by atoms with E-state index in [0.29, 0.717) is 10.8 Å². The van der Waals surface area contributed by atoms with E-state index in [1.54, 1.807) is 12.1 Å². The molecule has 2 aromatic rings. The monoisotopic (exact) mass is 394 g/mol. The van der Waals surface area contributed by atoms with Gasteiger partial charge in [0.05, 0.1) is 10.6 Å². The van der Waals surface area contributed by atoms with Crippen LogP contribution in [0, 0.1) is 11.7 Å². The third-order valence-electron chi connectivity index (χ3n) is 5.38. The summed E-state index contributed by atoms with van der Waals surface area (Å²) in [5, 5.41) is 0.739. The molecule has 144 valence electrons. The predicted molar refractivity (Wildman–Crippen MR) is 114 cm³/mol. The molecule has 1 amide bonds. The molecule has 3 nitrogen and oxygen atoms in total.